The van der Waals surface area contributed by atoms with Crippen molar-refractivity contribution in [1.82, 2.24) is 15.2 Å². The summed E-state index contributed by atoms with van der Waals surface area (Å²) >= 11 is 5.23. The number of hydrogen-bond donors (Lipinski definition) is 3. The number of aryl methyl sites for hydroxylation is 1. The highest BCUT2D eigenvalue weighted by Gasteiger charge is 2.11. The average molecular weight is 279 g/mol. The number of aromatic nitrogens is 1. The van der Waals surface area contributed by atoms with Crippen LogP contribution in [0.15, 0.2) is 24.5 Å². The summed E-state index contributed by atoms with van der Waals surface area (Å²) in [7, 11) is 0. The molecule has 0 saturated carbocycles. The molecule has 19 heavy (non-hydrogen) atoms. The lowest BCUT2D eigenvalue weighted by atomic mass is 10.1. The third-order valence-corrected chi connectivity index (χ3v) is 3.02. The molecule has 4 N–H and O–H groups in total. The van der Waals surface area contributed by atoms with Gasteiger partial charge in [-0.15, -0.1) is 0 Å². The van der Waals surface area contributed by atoms with Crippen molar-refractivity contribution >= 4 is 23.3 Å². The standard InChI is InChI=1S/C13H21N5S/c1-2-7-17-13(19)18(12(14)15)10-3-4-11-5-8-16-9-6-11/h5-6,8-9H,2-4,7,10H2,1H3,(H3,14,15)(H,17,19). The Labute approximate surface area is 119 Å². The van der Waals surface area contributed by atoms with Gasteiger partial charge in [0.2, 0.25) is 0 Å². The molecule has 0 aliphatic heterocycles. The van der Waals surface area contributed by atoms with E-state index in [2.05, 4.69) is 17.2 Å². The summed E-state index contributed by atoms with van der Waals surface area (Å²) in [6.45, 7) is 3.51. The molecule has 0 saturated heterocycles. The Bertz CT molecular complexity index is 407. The Hall–Kier alpha value is -1.69. The second-order valence-electron chi connectivity index (χ2n) is 4.23. The lowest BCUT2D eigenvalue weighted by molar-refractivity contribution is 0.552. The topological polar surface area (TPSA) is 78.0 Å². The molecule has 1 aromatic heterocycles. The number of hydrogen-bond acceptors (Lipinski definition) is 3. The maximum Gasteiger partial charge on any atom is 0.194 e. The highest BCUT2D eigenvalue weighted by Crippen LogP contribution is 2.02. The monoisotopic (exact) mass is 279 g/mol. The minimum Gasteiger partial charge on any atom is -0.370 e. The molecule has 0 fully saturated rings. The molecule has 0 unspecified atom stereocenters. The minimum absolute atomic E-state index is 0.0108. The molecule has 104 valence electrons. The summed E-state index contributed by atoms with van der Waals surface area (Å²) in [6, 6.07) is 3.98. The lowest BCUT2D eigenvalue weighted by Crippen LogP contribution is -2.47. The van der Waals surface area contributed by atoms with Gasteiger partial charge >= 0.3 is 0 Å². The third-order valence-electron chi connectivity index (χ3n) is 2.66. The summed E-state index contributed by atoms with van der Waals surface area (Å²) in [5.41, 5.74) is 6.79. The van der Waals surface area contributed by atoms with E-state index in [0.717, 1.165) is 25.8 Å². The van der Waals surface area contributed by atoms with Gasteiger partial charge in [0.25, 0.3) is 0 Å². The van der Waals surface area contributed by atoms with Crippen LogP contribution in [0.25, 0.3) is 0 Å². The van der Waals surface area contributed by atoms with Crippen LogP contribution >= 0.6 is 12.2 Å². The van der Waals surface area contributed by atoms with Crippen LogP contribution in [0, 0.1) is 5.41 Å². The number of nitrogens with one attached hydrogen (secondary N) is 2. The molecule has 0 aliphatic rings. The van der Waals surface area contributed by atoms with E-state index in [1.807, 2.05) is 12.1 Å². The highest BCUT2D eigenvalue weighted by molar-refractivity contribution is 7.80. The van der Waals surface area contributed by atoms with Gasteiger partial charge in [-0.3, -0.25) is 15.3 Å². The van der Waals surface area contributed by atoms with E-state index in [1.165, 1.54) is 5.56 Å². The fraction of sp³-hybridized carbons (Fsp3) is 0.462. The van der Waals surface area contributed by atoms with Crippen molar-refractivity contribution < 1.29 is 0 Å². The summed E-state index contributed by atoms with van der Waals surface area (Å²) < 4.78 is 0. The molecule has 0 spiro atoms. The van der Waals surface area contributed by atoms with E-state index >= 15 is 0 Å². The van der Waals surface area contributed by atoms with Gasteiger partial charge < -0.3 is 11.1 Å². The Kier molecular flexibility index (Phi) is 6.81. The molecule has 5 nitrogen and oxygen atoms in total. The molecule has 0 bridgehead atoms. The first-order valence-electron chi connectivity index (χ1n) is 6.43. The molecule has 1 aromatic rings. The van der Waals surface area contributed by atoms with Gasteiger partial charge in [0.05, 0.1) is 0 Å². The molecule has 0 amide bonds. The first-order valence-corrected chi connectivity index (χ1v) is 6.84. The second-order valence-corrected chi connectivity index (χ2v) is 4.61. The first-order chi connectivity index (χ1) is 9.15. The third kappa shape index (κ3) is 5.65. The Morgan fingerprint density at radius 1 is 1.47 bits per heavy atom. The number of thiocarbonyl (C=S) groups is 1. The van der Waals surface area contributed by atoms with Gasteiger partial charge in [0.1, 0.15) is 0 Å². The van der Waals surface area contributed by atoms with E-state index in [9.17, 15) is 0 Å². The molecule has 1 heterocycles. The maximum absolute atomic E-state index is 7.57. The van der Waals surface area contributed by atoms with Crippen LogP contribution in [0.1, 0.15) is 25.3 Å². The molecule has 6 heteroatoms. The zero-order valence-corrected chi connectivity index (χ0v) is 12.0. The van der Waals surface area contributed by atoms with Crippen LogP contribution in [0.4, 0.5) is 0 Å². The zero-order chi connectivity index (χ0) is 14.1. The van der Waals surface area contributed by atoms with Crippen LogP contribution in [0.5, 0.6) is 0 Å². The van der Waals surface area contributed by atoms with Gasteiger partial charge in [-0.25, -0.2) is 0 Å². The molecule has 0 radical (unpaired) electrons. The van der Waals surface area contributed by atoms with E-state index < -0.39 is 0 Å². The lowest BCUT2D eigenvalue weighted by Gasteiger charge is -2.23. The molecule has 0 atom stereocenters. The van der Waals surface area contributed by atoms with Crippen molar-refractivity contribution in [1.29, 1.82) is 5.41 Å². The minimum atomic E-state index is -0.0108. The summed E-state index contributed by atoms with van der Waals surface area (Å²) in [5, 5.41) is 11.2. The Morgan fingerprint density at radius 2 is 2.16 bits per heavy atom. The van der Waals surface area contributed by atoms with Crippen LogP contribution in [-0.2, 0) is 6.42 Å². The number of guanidine groups is 1. The van der Waals surface area contributed by atoms with Gasteiger partial charge in [-0.2, -0.15) is 0 Å². The Balaban J connectivity index is 2.42. The molecular formula is C13H21N5S. The van der Waals surface area contributed by atoms with Crippen molar-refractivity contribution in [3.63, 3.8) is 0 Å². The van der Waals surface area contributed by atoms with E-state index in [4.69, 9.17) is 23.4 Å². The fourth-order valence-corrected chi connectivity index (χ4v) is 1.94. The Morgan fingerprint density at radius 3 is 2.74 bits per heavy atom. The quantitative estimate of drug-likeness (QED) is 0.418. The molecule has 1 rings (SSSR count). The first kappa shape index (κ1) is 15.4. The number of nitrogens with zero attached hydrogens (tertiary/aromatic N) is 2. The van der Waals surface area contributed by atoms with Gasteiger partial charge in [-0.05, 0) is 49.2 Å². The van der Waals surface area contributed by atoms with Crippen molar-refractivity contribution in [2.75, 3.05) is 13.1 Å². The van der Waals surface area contributed by atoms with Crippen LogP contribution in [0.2, 0.25) is 0 Å². The smallest absolute Gasteiger partial charge is 0.194 e. The largest absolute Gasteiger partial charge is 0.370 e. The average Bonchev–Trinajstić information content (AvgIpc) is 2.41. The number of pyridine rings is 1. The van der Waals surface area contributed by atoms with Gasteiger partial charge in [0, 0.05) is 25.5 Å². The van der Waals surface area contributed by atoms with Crippen LogP contribution in [-0.4, -0.2) is 34.0 Å². The SMILES string of the molecule is CCCNC(=S)N(CCCc1ccncc1)C(=N)N. The van der Waals surface area contributed by atoms with E-state index in [0.29, 0.717) is 11.7 Å². The van der Waals surface area contributed by atoms with Crippen LogP contribution < -0.4 is 11.1 Å². The predicted molar refractivity (Wildman–Crippen MR) is 82.1 cm³/mol. The number of nitrogens with two attached hydrogens (primary N) is 1. The van der Waals surface area contributed by atoms with Gasteiger partial charge in [-0.1, -0.05) is 6.92 Å². The van der Waals surface area contributed by atoms with E-state index in [1.54, 1.807) is 17.3 Å². The molecule has 0 aromatic carbocycles. The fourth-order valence-electron chi connectivity index (χ4n) is 1.65. The van der Waals surface area contributed by atoms with Crippen molar-refractivity contribution in [3.8, 4) is 0 Å². The summed E-state index contributed by atoms with van der Waals surface area (Å²) in [5.74, 6) is -0.0108. The zero-order valence-electron chi connectivity index (χ0n) is 11.2. The van der Waals surface area contributed by atoms with Crippen molar-refractivity contribution in [2.24, 2.45) is 5.73 Å². The van der Waals surface area contributed by atoms with Crippen molar-refractivity contribution in [3.05, 3.63) is 30.1 Å². The number of rotatable bonds is 6. The van der Waals surface area contributed by atoms with Crippen LogP contribution in [0.3, 0.4) is 0 Å². The molecule has 0 aliphatic carbocycles. The highest BCUT2D eigenvalue weighted by atomic mass is 32.1. The summed E-state index contributed by atoms with van der Waals surface area (Å²) in [6.07, 6.45) is 6.36. The summed E-state index contributed by atoms with van der Waals surface area (Å²) in [4.78, 5) is 5.61. The van der Waals surface area contributed by atoms with Gasteiger partial charge in [0.15, 0.2) is 11.1 Å². The maximum atomic E-state index is 7.57. The predicted octanol–water partition coefficient (Wildman–Crippen LogP) is 1.49. The van der Waals surface area contributed by atoms with E-state index in [-0.39, 0.29) is 5.96 Å². The normalized spacial score (nSPS) is 9.95. The molecular weight excluding hydrogens is 258 g/mol. The van der Waals surface area contributed by atoms with Crippen molar-refractivity contribution in [2.45, 2.75) is 26.2 Å². The second kappa shape index (κ2) is 8.42.